The van der Waals surface area contributed by atoms with Crippen molar-refractivity contribution in [2.24, 2.45) is 10.7 Å². The number of phenols is 1. The van der Waals surface area contributed by atoms with Crippen molar-refractivity contribution < 1.29 is 81.3 Å². The van der Waals surface area contributed by atoms with Gasteiger partial charge < -0.3 is 62.8 Å². The summed E-state index contributed by atoms with van der Waals surface area (Å²) in [5.74, 6) is -8.21. The largest absolute Gasteiger partial charge is 0.508 e. The molecule has 0 saturated carbocycles. The summed E-state index contributed by atoms with van der Waals surface area (Å²) >= 11 is 0. The van der Waals surface area contributed by atoms with Crippen molar-refractivity contribution >= 4 is 69.6 Å². The number of guanidine groups is 1. The van der Waals surface area contributed by atoms with Crippen LogP contribution >= 0.6 is 0 Å². The highest BCUT2D eigenvalue weighted by molar-refractivity contribution is 7.85. The highest BCUT2D eigenvalue weighted by atomic mass is 32.2. The number of carboxylic acids is 3. The predicted octanol–water partition coefficient (Wildman–Crippen LogP) is -1.63. The smallest absolute Gasteiger partial charge is 0.321 e. The third-order valence-electron chi connectivity index (χ3n) is 13.4. The summed E-state index contributed by atoms with van der Waals surface area (Å²) in [5.41, 5.74) is 7.73. The van der Waals surface area contributed by atoms with Crippen LogP contribution in [-0.2, 0) is 55.0 Å². The molecule has 1 saturated heterocycles. The molecule has 3 aromatic carbocycles. The molecule has 3 atom stereocenters. The van der Waals surface area contributed by atoms with Gasteiger partial charge in [-0.15, -0.1) is 0 Å². The van der Waals surface area contributed by atoms with Gasteiger partial charge in [0.2, 0.25) is 29.5 Å². The van der Waals surface area contributed by atoms with Gasteiger partial charge in [0, 0.05) is 91.5 Å². The maximum Gasteiger partial charge on any atom is 0.321 e. The third kappa shape index (κ3) is 29.4. The quantitative estimate of drug-likeness (QED) is 0.0141. The maximum absolute atomic E-state index is 14.5. The van der Waals surface area contributed by atoms with Crippen LogP contribution < -0.4 is 47.7 Å². The summed E-state index contributed by atoms with van der Waals surface area (Å²) in [6, 6.07) is 18.4. The van der Waals surface area contributed by atoms with Gasteiger partial charge in [-0.2, -0.15) is 8.42 Å². The van der Waals surface area contributed by atoms with Gasteiger partial charge in [0.25, 0.3) is 10.1 Å². The average Bonchev–Trinajstić information content (AvgIpc) is 2.99. The Hall–Kier alpha value is -8.49. The minimum atomic E-state index is -4.82. The van der Waals surface area contributed by atoms with Gasteiger partial charge in [0.05, 0.1) is 38.7 Å². The van der Waals surface area contributed by atoms with Gasteiger partial charge in [0.1, 0.15) is 29.3 Å². The van der Waals surface area contributed by atoms with E-state index in [1.54, 1.807) is 93.3 Å². The number of carbonyl (C=O) groups is 9. The number of carboxylic acid groups (broad SMARTS) is 3. The van der Waals surface area contributed by atoms with E-state index in [1.807, 2.05) is 0 Å². The van der Waals surface area contributed by atoms with Crippen molar-refractivity contribution in [1.29, 1.82) is 0 Å². The molecule has 14 N–H and O–H groups in total. The lowest BCUT2D eigenvalue weighted by Gasteiger charge is -2.33. The first-order valence-electron chi connectivity index (χ1n) is 28.3. The second-order valence-electron chi connectivity index (χ2n) is 20.4. The minimum Gasteiger partial charge on any atom is -0.508 e. The number of amides is 7. The number of nitrogens with one attached hydrogen (secondary N) is 7. The van der Waals surface area contributed by atoms with Gasteiger partial charge in [-0.1, -0.05) is 61.5 Å². The average molecular weight is 1240 g/mol. The summed E-state index contributed by atoms with van der Waals surface area (Å²) in [6.07, 6.45) is 1.30. The summed E-state index contributed by atoms with van der Waals surface area (Å²) in [4.78, 5) is 124. The Bertz CT molecular complexity index is 2860. The molecule has 0 aliphatic carbocycles. The first kappa shape index (κ1) is 71.0. The van der Waals surface area contributed by atoms with E-state index in [0.717, 1.165) is 0 Å². The third-order valence-corrected chi connectivity index (χ3v) is 14.1. The summed E-state index contributed by atoms with van der Waals surface area (Å²) in [7, 11) is -4.82. The maximum atomic E-state index is 14.5. The van der Waals surface area contributed by atoms with Crippen molar-refractivity contribution in [2.45, 2.75) is 63.6 Å². The first-order chi connectivity index (χ1) is 41.5. The van der Waals surface area contributed by atoms with Crippen LogP contribution in [0.15, 0.2) is 83.9 Å². The van der Waals surface area contributed by atoms with E-state index in [0.29, 0.717) is 41.7 Å². The Labute approximate surface area is 504 Å². The number of aliphatic imine (C=N–C) groups is 1. The van der Waals surface area contributed by atoms with E-state index < -0.39 is 101 Å². The lowest BCUT2D eigenvalue weighted by Crippen LogP contribution is -2.54. The number of aliphatic carboxylic acids is 3. The van der Waals surface area contributed by atoms with Crippen molar-refractivity contribution in [2.75, 3.05) is 117 Å². The predicted molar refractivity (Wildman–Crippen MR) is 317 cm³/mol. The van der Waals surface area contributed by atoms with E-state index in [-0.39, 0.29) is 129 Å². The number of hydrogen-bond donors (Lipinski definition) is 13. The fraction of sp³-hybridized carbons (Fsp3) is 0.500. The van der Waals surface area contributed by atoms with Crippen LogP contribution in [0.1, 0.15) is 61.6 Å². The molecule has 0 spiro atoms. The molecule has 478 valence electrons. The molecule has 3 aromatic rings. The number of benzene rings is 3. The molecular weight excluding hydrogens is 1160 g/mol. The van der Waals surface area contributed by atoms with Crippen molar-refractivity contribution in [3.05, 3.63) is 95.6 Å². The molecule has 7 amide bonds. The van der Waals surface area contributed by atoms with E-state index in [4.69, 9.17) is 10.5 Å². The van der Waals surface area contributed by atoms with Crippen molar-refractivity contribution in [3.63, 3.8) is 0 Å². The highest BCUT2D eigenvalue weighted by Crippen LogP contribution is 2.28. The Morgan fingerprint density at radius 2 is 1.16 bits per heavy atom. The number of hydrogen-bond acceptors (Lipinski definition) is 18. The zero-order valence-electron chi connectivity index (χ0n) is 48.6. The number of nitrogens with zero attached hydrogens (tertiary/aromatic N) is 5. The van der Waals surface area contributed by atoms with Crippen LogP contribution in [0.25, 0.3) is 0 Å². The Morgan fingerprint density at radius 1 is 0.609 bits per heavy atom. The summed E-state index contributed by atoms with van der Waals surface area (Å²) < 4.78 is 40.0. The van der Waals surface area contributed by atoms with Gasteiger partial charge in [-0.05, 0) is 66.6 Å². The molecule has 1 fully saturated rings. The lowest BCUT2D eigenvalue weighted by atomic mass is 9.90. The number of phenolic OH excluding ortho intramolecular Hbond substituents is 1. The van der Waals surface area contributed by atoms with Crippen molar-refractivity contribution in [1.82, 2.24) is 56.8 Å². The molecule has 1 heterocycles. The monoisotopic (exact) mass is 1240 g/mol. The zero-order chi connectivity index (χ0) is 63.7. The molecule has 31 heteroatoms. The highest BCUT2D eigenvalue weighted by Gasteiger charge is 2.30. The number of nitrogens with two attached hydrogens (primary N) is 1. The summed E-state index contributed by atoms with van der Waals surface area (Å²) in [5, 5.41) is 56.6. The van der Waals surface area contributed by atoms with Crippen LogP contribution in [-0.4, -0.2) is 242 Å². The Balaban J connectivity index is 1.38. The molecule has 1 aliphatic rings. The van der Waals surface area contributed by atoms with E-state index in [1.165, 1.54) is 12.1 Å². The molecular formula is C56H81N13O17S. The first-order valence-corrected chi connectivity index (χ1v) is 29.9. The molecule has 87 heavy (non-hydrogen) atoms. The number of rotatable bonds is 33. The molecule has 0 radical (unpaired) electrons. The van der Waals surface area contributed by atoms with Gasteiger partial charge in [-0.25, -0.2) is 4.79 Å². The molecule has 4 rings (SSSR count). The Kier molecular flexibility index (Phi) is 30.9. The van der Waals surface area contributed by atoms with E-state index in [9.17, 15) is 76.5 Å². The molecule has 0 bridgehead atoms. The van der Waals surface area contributed by atoms with Gasteiger partial charge in [-0.3, -0.25) is 72.8 Å². The SMILES string of the molecule is CCC(=O)NCCNC(=O)NC(N)=NCCC[C@@H](NC(=O)[C@@H](c1ccccc1)c1cccc(OCCCCNC(=O)[C@H](CS(=O)(=O)O)NC(=O)CN2CCN(CC(=O)O)CCN(CC(=O)O)CCN(CC(=O)O)CC2)c1)C(=O)NCc1ccc(O)cc1. The molecule has 1 aliphatic heterocycles. The molecule has 30 nitrogen and oxygen atoms in total. The number of ether oxygens (including phenoxy) is 1. The number of urea groups is 1. The van der Waals surface area contributed by atoms with Crippen LogP contribution in [0.3, 0.4) is 0 Å². The van der Waals surface area contributed by atoms with Crippen LogP contribution in [0, 0.1) is 0 Å². The van der Waals surface area contributed by atoms with Crippen LogP contribution in [0.2, 0.25) is 0 Å². The van der Waals surface area contributed by atoms with E-state index >= 15 is 0 Å². The fourth-order valence-electron chi connectivity index (χ4n) is 8.95. The number of aromatic hydroxyl groups is 1. The minimum absolute atomic E-state index is 0.00910. The summed E-state index contributed by atoms with van der Waals surface area (Å²) in [6.45, 7) is 1.63. The van der Waals surface area contributed by atoms with E-state index in [2.05, 4.69) is 42.2 Å². The topological polar surface area (TPSA) is 434 Å². The normalized spacial score (nSPS) is 15.2. The Morgan fingerprint density at radius 3 is 1.72 bits per heavy atom. The van der Waals surface area contributed by atoms with Crippen molar-refractivity contribution in [3.8, 4) is 11.5 Å². The fourth-order valence-corrected chi connectivity index (χ4v) is 9.60. The standard InChI is InChI=1S/C56H81N13O17S/c1-2-46(71)58-21-22-61-56(82)65-55(57)60-20-9-14-44(52(79)62-33-39-15-17-42(70)18-16-39)64-54(81)51(40-10-4-3-5-11-40)41-12-8-13-43(32-41)86-31-7-6-19-59-53(80)45(38-87(83,84)85)63-47(72)34-66-23-25-67(35-48(73)74)27-29-69(37-50(77)78)30-28-68(26-24-66)36-49(75)76/h3-5,8,10-13,15-18,32,44-45,51,70H,2,6-7,9,14,19-31,33-38H2,1H3,(H,58,71)(H,59,80)(H,62,79)(H,63,72)(H,64,81)(H,73,74)(H,75,76)(H,77,78)(H,83,84,85)(H4,57,60,61,65,82)/t44-,45+,51+/m1/s1. The second kappa shape index (κ2) is 37.8. The van der Waals surface area contributed by atoms with Crippen LogP contribution in [0.5, 0.6) is 11.5 Å². The second-order valence-corrected chi connectivity index (χ2v) is 21.9. The molecule has 0 unspecified atom stereocenters. The zero-order valence-corrected chi connectivity index (χ0v) is 49.4. The van der Waals surface area contributed by atoms with Gasteiger partial charge in [0.15, 0.2) is 5.96 Å². The molecule has 0 aromatic heterocycles. The number of carbonyl (C=O) groups excluding carboxylic acids is 6. The number of unbranched alkanes of at least 4 members (excludes halogenated alkanes) is 1. The van der Waals surface area contributed by atoms with Crippen LogP contribution in [0.4, 0.5) is 4.79 Å². The lowest BCUT2D eigenvalue weighted by molar-refractivity contribution is -0.140. The van der Waals surface area contributed by atoms with Gasteiger partial charge >= 0.3 is 23.9 Å².